The number of aromatic amines is 1. The number of halogens is 2. The van der Waals surface area contributed by atoms with Gasteiger partial charge in [-0.2, -0.15) is 5.10 Å². The van der Waals surface area contributed by atoms with Crippen molar-refractivity contribution in [3.05, 3.63) is 62.3 Å². The minimum atomic E-state index is -0.0780. The van der Waals surface area contributed by atoms with Crippen LogP contribution in [0.25, 0.3) is 10.9 Å². The lowest BCUT2D eigenvalue weighted by atomic mass is 10.0. The average molecular weight is 452 g/mol. The zero-order valence-corrected chi connectivity index (χ0v) is 15.6. The fraction of sp³-hybridized carbons (Fsp3) is 0.222. The van der Waals surface area contributed by atoms with Gasteiger partial charge in [0, 0.05) is 16.0 Å². The molecule has 1 aliphatic rings. The van der Waals surface area contributed by atoms with Crippen molar-refractivity contribution < 1.29 is 4.79 Å². The molecule has 0 bridgehead atoms. The Morgan fingerprint density at radius 1 is 1.29 bits per heavy atom. The first kappa shape index (κ1) is 15.9. The normalized spacial score (nSPS) is 15.4. The van der Waals surface area contributed by atoms with Crippen LogP contribution in [0.15, 0.2) is 42.5 Å². The van der Waals surface area contributed by atoms with Crippen LogP contribution in [0.4, 0.5) is 0 Å². The van der Waals surface area contributed by atoms with E-state index >= 15 is 0 Å². The number of fused-ring (bicyclic) bond motifs is 1. The lowest BCUT2D eigenvalue weighted by molar-refractivity contribution is 0.0932. The maximum absolute atomic E-state index is 12.8. The highest BCUT2D eigenvalue weighted by molar-refractivity contribution is 14.1. The highest BCUT2D eigenvalue weighted by Gasteiger charge is 2.34. The number of rotatable bonds is 4. The Hall–Kier alpha value is -1.60. The summed E-state index contributed by atoms with van der Waals surface area (Å²) in [5.74, 6) is 0.386. The molecule has 1 amide bonds. The number of benzene rings is 2. The molecule has 1 saturated carbocycles. The van der Waals surface area contributed by atoms with Crippen molar-refractivity contribution in [2.24, 2.45) is 5.92 Å². The van der Waals surface area contributed by atoms with Crippen LogP contribution in [-0.2, 0) is 0 Å². The molecule has 2 aromatic carbocycles. The largest absolute Gasteiger partial charge is 0.345 e. The zero-order valence-electron chi connectivity index (χ0n) is 12.7. The first-order chi connectivity index (χ1) is 11.6. The van der Waals surface area contributed by atoms with E-state index < -0.39 is 0 Å². The van der Waals surface area contributed by atoms with E-state index in [1.54, 1.807) is 0 Å². The maximum atomic E-state index is 12.8. The molecule has 122 valence electrons. The summed E-state index contributed by atoms with van der Waals surface area (Å²) in [6, 6.07) is 13.3. The number of nitrogens with one attached hydrogen (secondary N) is 2. The van der Waals surface area contributed by atoms with E-state index in [0.29, 0.717) is 16.5 Å². The highest BCUT2D eigenvalue weighted by atomic mass is 127. The zero-order chi connectivity index (χ0) is 16.7. The standard InChI is InChI=1S/C18H15ClIN3O/c19-14-4-2-1-3-12(14)16(10-5-6-10)21-18(24)11-7-8-15-13(9-11)17(20)23-22-15/h1-4,7-10,16H,5-6H2,(H,21,24)(H,22,23)/t16-/m1/s1. The summed E-state index contributed by atoms with van der Waals surface area (Å²) < 4.78 is 0.932. The smallest absolute Gasteiger partial charge is 0.251 e. The number of hydrogen-bond acceptors (Lipinski definition) is 2. The summed E-state index contributed by atoms with van der Waals surface area (Å²) in [4.78, 5) is 12.8. The summed E-state index contributed by atoms with van der Waals surface area (Å²) >= 11 is 8.53. The summed E-state index contributed by atoms with van der Waals surface area (Å²) in [6.07, 6.45) is 2.24. The monoisotopic (exact) mass is 451 g/mol. The number of carbonyl (C=O) groups excluding carboxylic acids is 1. The molecule has 4 nitrogen and oxygen atoms in total. The number of nitrogens with zero attached hydrogens (tertiary/aromatic N) is 1. The van der Waals surface area contributed by atoms with Gasteiger partial charge >= 0.3 is 0 Å². The van der Waals surface area contributed by atoms with E-state index in [1.165, 1.54) is 0 Å². The molecule has 2 N–H and O–H groups in total. The van der Waals surface area contributed by atoms with Crippen LogP contribution in [0.3, 0.4) is 0 Å². The molecule has 0 unspecified atom stereocenters. The molecular weight excluding hydrogens is 437 g/mol. The van der Waals surface area contributed by atoms with Crippen LogP contribution in [-0.4, -0.2) is 16.1 Å². The number of aromatic nitrogens is 2. The van der Waals surface area contributed by atoms with Gasteiger partial charge in [0.25, 0.3) is 5.91 Å². The Morgan fingerprint density at radius 2 is 2.08 bits per heavy atom. The van der Waals surface area contributed by atoms with Gasteiger partial charge in [0.15, 0.2) is 0 Å². The molecule has 24 heavy (non-hydrogen) atoms. The van der Waals surface area contributed by atoms with Crippen molar-refractivity contribution in [3.63, 3.8) is 0 Å². The molecular formula is C18H15ClIN3O. The first-order valence-electron chi connectivity index (χ1n) is 7.82. The summed E-state index contributed by atoms with van der Waals surface area (Å²) in [7, 11) is 0. The van der Waals surface area contributed by atoms with E-state index in [0.717, 1.165) is 33.0 Å². The van der Waals surface area contributed by atoms with Crippen LogP contribution in [0, 0.1) is 9.62 Å². The minimum absolute atomic E-state index is 0.0367. The first-order valence-corrected chi connectivity index (χ1v) is 9.28. The Kier molecular flexibility index (Phi) is 4.22. The van der Waals surface area contributed by atoms with Gasteiger partial charge in [-0.25, -0.2) is 0 Å². The van der Waals surface area contributed by atoms with E-state index in [1.807, 2.05) is 42.5 Å². The minimum Gasteiger partial charge on any atom is -0.345 e. The van der Waals surface area contributed by atoms with Crippen molar-refractivity contribution in [2.75, 3.05) is 0 Å². The molecule has 0 aliphatic heterocycles. The molecule has 1 aliphatic carbocycles. The van der Waals surface area contributed by atoms with E-state index in [9.17, 15) is 4.79 Å². The average Bonchev–Trinajstić information content (AvgIpc) is 3.37. The Bertz CT molecular complexity index is 920. The Balaban J connectivity index is 1.63. The molecule has 4 rings (SSSR count). The third-order valence-corrected chi connectivity index (χ3v) is 5.56. The van der Waals surface area contributed by atoms with Crippen molar-refractivity contribution >= 4 is 51.0 Å². The van der Waals surface area contributed by atoms with Crippen LogP contribution in [0.5, 0.6) is 0 Å². The molecule has 1 atom stereocenters. The summed E-state index contributed by atoms with van der Waals surface area (Å²) in [5.41, 5.74) is 2.49. The highest BCUT2D eigenvalue weighted by Crippen LogP contribution is 2.43. The molecule has 6 heteroatoms. The van der Waals surface area contributed by atoms with E-state index in [4.69, 9.17) is 11.6 Å². The van der Waals surface area contributed by atoms with E-state index in [2.05, 4.69) is 38.1 Å². The number of amides is 1. The second kappa shape index (κ2) is 6.37. The maximum Gasteiger partial charge on any atom is 0.251 e. The fourth-order valence-corrected chi connectivity index (χ4v) is 3.76. The molecule has 0 saturated heterocycles. The predicted molar refractivity (Wildman–Crippen MR) is 103 cm³/mol. The lowest BCUT2D eigenvalue weighted by Crippen LogP contribution is -2.30. The van der Waals surface area contributed by atoms with Gasteiger partial charge in [-0.15, -0.1) is 0 Å². The number of H-pyrrole nitrogens is 1. The third-order valence-electron chi connectivity index (χ3n) is 4.39. The van der Waals surface area contributed by atoms with Crippen LogP contribution in [0.1, 0.15) is 34.8 Å². The quantitative estimate of drug-likeness (QED) is 0.565. The van der Waals surface area contributed by atoms with Crippen molar-refractivity contribution in [1.82, 2.24) is 15.5 Å². The van der Waals surface area contributed by atoms with Crippen molar-refractivity contribution in [1.29, 1.82) is 0 Å². The summed E-state index contributed by atoms with van der Waals surface area (Å²) in [5, 5.41) is 12.0. The topological polar surface area (TPSA) is 57.8 Å². The van der Waals surface area contributed by atoms with Gasteiger partial charge in [0.1, 0.15) is 3.70 Å². The van der Waals surface area contributed by atoms with Gasteiger partial charge in [-0.3, -0.25) is 9.89 Å². The summed E-state index contributed by atoms with van der Waals surface area (Å²) in [6.45, 7) is 0. The second-order valence-electron chi connectivity index (χ2n) is 6.08. The van der Waals surface area contributed by atoms with Crippen LogP contribution < -0.4 is 5.32 Å². The van der Waals surface area contributed by atoms with Gasteiger partial charge in [-0.05, 0) is 71.2 Å². The molecule has 3 aromatic rings. The van der Waals surface area contributed by atoms with Crippen LogP contribution >= 0.6 is 34.2 Å². The molecule has 0 radical (unpaired) electrons. The van der Waals surface area contributed by atoms with Gasteiger partial charge in [0.2, 0.25) is 0 Å². The fourth-order valence-electron chi connectivity index (χ4n) is 2.95. The molecule has 1 aromatic heterocycles. The molecule has 1 heterocycles. The number of hydrogen-bond donors (Lipinski definition) is 2. The molecule has 0 spiro atoms. The molecule has 1 fully saturated rings. The van der Waals surface area contributed by atoms with Crippen molar-refractivity contribution in [3.8, 4) is 0 Å². The SMILES string of the molecule is O=C(N[C@@H](c1ccccc1Cl)C1CC1)c1ccc2n[nH]c(I)c2c1. The van der Waals surface area contributed by atoms with Crippen molar-refractivity contribution in [2.45, 2.75) is 18.9 Å². The van der Waals surface area contributed by atoms with Gasteiger partial charge in [0.05, 0.1) is 11.6 Å². The van der Waals surface area contributed by atoms with Gasteiger partial charge in [-0.1, -0.05) is 29.8 Å². The predicted octanol–water partition coefficient (Wildman–Crippen LogP) is 4.70. The van der Waals surface area contributed by atoms with Crippen LogP contribution in [0.2, 0.25) is 5.02 Å². The Labute approximate surface area is 158 Å². The number of carbonyl (C=O) groups is 1. The second-order valence-corrected chi connectivity index (χ2v) is 7.57. The lowest BCUT2D eigenvalue weighted by Gasteiger charge is -2.20. The third kappa shape index (κ3) is 3.02. The Morgan fingerprint density at radius 3 is 2.83 bits per heavy atom. The van der Waals surface area contributed by atoms with E-state index in [-0.39, 0.29) is 11.9 Å². The van der Waals surface area contributed by atoms with Gasteiger partial charge < -0.3 is 5.32 Å².